The number of hydrogen-bond acceptors (Lipinski definition) is 2. The lowest BCUT2D eigenvalue weighted by atomic mass is 9.46. The van der Waals surface area contributed by atoms with Crippen molar-refractivity contribution in [1.82, 2.24) is 0 Å². The molecule has 30 heavy (non-hydrogen) atoms. The molecular formula is C28H44O2. The number of aliphatic hydroxyl groups is 1. The Kier molecular flexibility index (Phi) is 4.75. The van der Waals surface area contributed by atoms with Gasteiger partial charge in [0.05, 0.1) is 17.3 Å². The van der Waals surface area contributed by atoms with Crippen molar-refractivity contribution >= 4 is 0 Å². The zero-order valence-electron chi connectivity index (χ0n) is 20.2. The molecule has 3 saturated carbocycles. The molecule has 0 aromatic heterocycles. The number of aliphatic hydroxyl groups excluding tert-OH is 1. The van der Waals surface area contributed by atoms with Crippen LogP contribution < -0.4 is 0 Å². The van der Waals surface area contributed by atoms with Crippen LogP contribution in [0, 0.1) is 46.3 Å². The van der Waals surface area contributed by atoms with Gasteiger partial charge in [-0.1, -0.05) is 65.8 Å². The first kappa shape index (κ1) is 21.3. The highest BCUT2D eigenvalue weighted by Gasteiger charge is 2.76. The second-order valence-electron chi connectivity index (χ2n) is 12.7. The van der Waals surface area contributed by atoms with Gasteiger partial charge in [0, 0.05) is 17.8 Å². The monoisotopic (exact) mass is 412 g/mol. The van der Waals surface area contributed by atoms with Gasteiger partial charge in [-0.05, 0) is 73.5 Å². The van der Waals surface area contributed by atoms with Crippen LogP contribution in [0.5, 0.6) is 0 Å². The van der Waals surface area contributed by atoms with E-state index in [9.17, 15) is 5.11 Å². The first-order valence-corrected chi connectivity index (χ1v) is 12.8. The van der Waals surface area contributed by atoms with E-state index in [0.717, 1.165) is 25.2 Å². The minimum absolute atomic E-state index is 0.0742. The maximum Gasteiger partial charge on any atom is 0.0957 e. The van der Waals surface area contributed by atoms with Crippen molar-refractivity contribution in [2.45, 2.75) is 104 Å². The molecule has 2 bridgehead atoms. The molecule has 4 fully saturated rings. The van der Waals surface area contributed by atoms with E-state index in [0.29, 0.717) is 35.0 Å². The summed E-state index contributed by atoms with van der Waals surface area (Å²) in [5, 5.41) is 10.5. The van der Waals surface area contributed by atoms with Crippen LogP contribution in [0.2, 0.25) is 0 Å². The van der Waals surface area contributed by atoms with E-state index in [1.54, 1.807) is 0 Å². The lowest BCUT2D eigenvalue weighted by Gasteiger charge is -2.56. The maximum atomic E-state index is 10.5. The molecule has 1 saturated heterocycles. The van der Waals surface area contributed by atoms with E-state index in [2.05, 4.69) is 65.8 Å². The summed E-state index contributed by atoms with van der Waals surface area (Å²) in [6, 6.07) is 0. The van der Waals surface area contributed by atoms with E-state index in [1.165, 1.54) is 25.7 Å². The minimum atomic E-state index is -0.211. The van der Waals surface area contributed by atoms with Crippen LogP contribution in [0.4, 0.5) is 0 Å². The number of fused-ring (bicyclic) bond motifs is 2. The molecule has 1 N–H and O–H groups in total. The van der Waals surface area contributed by atoms with Gasteiger partial charge >= 0.3 is 0 Å². The molecule has 0 unspecified atom stereocenters. The molecule has 2 heteroatoms. The molecule has 0 aromatic rings. The normalized spacial score (nSPS) is 53.7. The number of ether oxygens (including phenoxy) is 1. The molecular weight excluding hydrogens is 368 g/mol. The summed E-state index contributed by atoms with van der Waals surface area (Å²) in [5.74, 6) is 4.00. The van der Waals surface area contributed by atoms with E-state index < -0.39 is 0 Å². The Balaban J connectivity index is 1.44. The Hall–Kier alpha value is -0.600. The molecule has 5 aliphatic rings. The molecule has 0 amide bonds. The second-order valence-corrected chi connectivity index (χ2v) is 12.7. The van der Waals surface area contributed by atoms with Crippen LogP contribution in [-0.4, -0.2) is 22.4 Å². The Morgan fingerprint density at radius 1 is 0.933 bits per heavy atom. The highest BCUT2D eigenvalue weighted by molar-refractivity contribution is 5.38. The summed E-state index contributed by atoms with van der Waals surface area (Å²) in [5.41, 5.74) is 0.282. The molecule has 0 aromatic carbocycles. The van der Waals surface area contributed by atoms with Crippen molar-refractivity contribution in [2.75, 3.05) is 0 Å². The van der Waals surface area contributed by atoms with Crippen LogP contribution >= 0.6 is 0 Å². The highest BCUT2D eigenvalue weighted by atomic mass is 16.5. The summed E-state index contributed by atoms with van der Waals surface area (Å²) in [4.78, 5) is 0. The number of rotatable bonds is 4. The Labute approximate surface area is 184 Å². The van der Waals surface area contributed by atoms with Crippen molar-refractivity contribution in [3.8, 4) is 0 Å². The molecule has 2 nitrogen and oxygen atoms in total. The SMILES string of the molecule is CC(C)[C@@H](C)C=C[C@@H](C)[C@H]1CC[C@@H]2[C@]1(C)CC[C@H]1[C@]23C=C[C@]2(C[C@@H](O)CC[C@]12C)O3. The van der Waals surface area contributed by atoms with E-state index >= 15 is 0 Å². The quantitative estimate of drug-likeness (QED) is 0.531. The minimum Gasteiger partial charge on any atom is -0.393 e. The maximum absolute atomic E-state index is 10.5. The summed E-state index contributed by atoms with van der Waals surface area (Å²) in [6.45, 7) is 14.5. The fraction of sp³-hybridized carbons (Fsp3) is 0.857. The molecule has 2 heterocycles. The second kappa shape index (κ2) is 6.70. The molecule has 2 spiro atoms. The Morgan fingerprint density at radius 2 is 1.70 bits per heavy atom. The van der Waals surface area contributed by atoms with Crippen LogP contribution in [0.25, 0.3) is 0 Å². The fourth-order valence-electron chi connectivity index (χ4n) is 8.95. The molecule has 2 aliphatic heterocycles. The topological polar surface area (TPSA) is 29.5 Å². The lowest BCUT2D eigenvalue weighted by molar-refractivity contribution is -0.142. The van der Waals surface area contributed by atoms with E-state index in [-0.39, 0.29) is 22.7 Å². The zero-order chi connectivity index (χ0) is 21.5. The van der Waals surface area contributed by atoms with E-state index in [1.807, 2.05) is 0 Å². The zero-order valence-corrected chi connectivity index (χ0v) is 20.2. The standard InChI is InChI=1S/C28H44O2/c1-18(2)19(3)7-8-20(4)22-9-10-23-25(22,5)13-12-24-26(6)14-11-21(29)17-27(26)15-16-28(23,24)30-27/h7-8,15-16,18-24,29H,9-14,17H2,1-6H3/t19-,20+,21-,22+,23+,24+,25+,26+,27+,28-/m0/s1. The van der Waals surface area contributed by atoms with Gasteiger partial charge in [-0.15, -0.1) is 0 Å². The van der Waals surface area contributed by atoms with Gasteiger partial charge in [0.2, 0.25) is 0 Å². The van der Waals surface area contributed by atoms with Gasteiger partial charge in [-0.2, -0.15) is 0 Å². The fourth-order valence-corrected chi connectivity index (χ4v) is 8.95. The number of allylic oxidation sites excluding steroid dienone is 2. The third-order valence-corrected chi connectivity index (χ3v) is 11.1. The molecule has 0 radical (unpaired) electrons. The van der Waals surface area contributed by atoms with Gasteiger partial charge < -0.3 is 9.84 Å². The Morgan fingerprint density at radius 3 is 2.43 bits per heavy atom. The summed E-state index contributed by atoms with van der Waals surface area (Å²) in [6.07, 6.45) is 17.8. The summed E-state index contributed by atoms with van der Waals surface area (Å²) < 4.78 is 7.18. The smallest absolute Gasteiger partial charge is 0.0957 e. The van der Waals surface area contributed by atoms with Gasteiger partial charge in [0.25, 0.3) is 0 Å². The predicted octanol–water partition coefficient (Wildman–Crippen LogP) is 6.54. The highest BCUT2D eigenvalue weighted by Crippen LogP contribution is 2.75. The first-order valence-electron chi connectivity index (χ1n) is 12.8. The molecule has 5 rings (SSSR count). The van der Waals surface area contributed by atoms with Crippen LogP contribution in [-0.2, 0) is 4.74 Å². The van der Waals surface area contributed by atoms with E-state index in [4.69, 9.17) is 4.74 Å². The summed E-state index contributed by atoms with van der Waals surface area (Å²) in [7, 11) is 0. The van der Waals surface area contributed by atoms with Gasteiger partial charge in [0.1, 0.15) is 0 Å². The van der Waals surface area contributed by atoms with Crippen molar-refractivity contribution < 1.29 is 9.84 Å². The van der Waals surface area contributed by atoms with Crippen molar-refractivity contribution in [2.24, 2.45) is 46.3 Å². The largest absolute Gasteiger partial charge is 0.393 e. The lowest BCUT2D eigenvalue weighted by Crippen LogP contribution is -2.56. The Bertz CT molecular complexity index is 754. The van der Waals surface area contributed by atoms with Gasteiger partial charge in [-0.25, -0.2) is 0 Å². The molecule has 10 atom stereocenters. The summed E-state index contributed by atoms with van der Waals surface area (Å²) >= 11 is 0. The van der Waals surface area contributed by atoms with Crippen LogP contribution in [0.1, 0.15) is 86.5 Å². The van der Waals surface area contributed by atoms with Gasteiger partial charge in [0.15, 0.2) is 0 Å². The van der Waals surface area contributed by atoms with Crippen molar-refractivity contribution in [3.05, 3.63) is 24.3 Å². The van der Waals surface area contributed by atoms with Crippen LogP contribution in [0.15, 0.2) is 24.3 Å². The number of hydrogen-bond donors (Lipinski definition) is 1. The third-order valence-electron chi connectivity index (χ3n) is 11.1. The predicted molar refractivity (Wildman–Crippen MR) is 123 cm³/mol. The van der Waals surface area contributed by atoms with Gasteiger partial charge in [-0.3, -0.25) is 0 Å². The molecule has 168 valence electrons. The first-order chi connectivity index (χ1) is 14.1. The average molecular weight is 413 g/mol. The molecule has 3 aliphatic carbocycles. The van der Waals surface area contributed by atoms with Crippen molar-refractivity contribution in [3.63, 3.8) is 0 Å². The van der Waals surface area contributed by atoms with Crippen molar-refractivity contribution in [1.29, 1.82) is 0 Å². The average Bonchev–Trinajstić information content (AvgIpc) is 3.29. The third kappa shape index (κ3) is 2.56. The van der Waals surface area contributed by atoms with Crippen LogP contribution in [0.3, 0.4) is 0 Å².